The summed E-state index contributed by atoms with van der Waals surface area (Å²) in [6.45, 7) is 2.79. The van der Waals surface area contributed by atoms with Crippen LogP contribution in [0, 0.1) is 5.82 Å². The number of imidazole rings is 1. The number of H-pyrrole nitrogens is 2. The Morgan fingerprint density at radius 1 is 1.10 bits per heavy atom. The topological polar surface area (TPSA) is 127 Å². The first-order chi connectivity index (χ1) is 14.7. The highest BCUT2D eigenvalue weighted by Crippen LogP contribution is 2.29. The van der Waals surface area contributed by atoms with Gasteiger partial charge in [-0.3, -0.25) is 14.5 Å². The van der Waals surface area contributed by atoms with Gasteiger partial charge in [-0.2, -0.15) is 0 Å². The van der Waals surface area contributed by atoms with E-state index in [-0.39, 0.29) is 5.69 Å². The Bertz CT molecular complexity index is 1250. The minimum absolute atomic E-state index is 0.327. The lowest BCUT2D eigenvalue weighted by Crippen LogP contribution is -2.43. The number of nitrogens with zero attached hydrogens (tertiary/aromatic N) is 1. The van der Waals surface area contributed by atoms with Crippen molar-refractivity contribution in [2.24, 2.45) is 0 Å². The van der Waals surface area contributed by atoms with Gasteiger partial charge in [0.15, 0.2) is 0 Å². The number of nitrogens with one attached hydrogen (secondary N) is 4. The molecule has 0 saturated carbocycles. The predicted molar refractivity (Wildman–Crippen MR) is 109 cm³/mol. The Balaban J connectivity index is 1.46. The monoisotopic (exact) mass is 425 g/mol. The van der Waals surface area contributed by atoms with E-state index >= 15 is 0 Å². The molecule has 0 radical (unpaired) electrons. The highest BCUT2D eigenvalue weighted by molar-refractivity contribution is 6.09. The van der Waals surface area contributed by atoms with Crippen molar-refractivity contribution in [1.82, 2.24) is 25.5 Å². The minimum atomic E-state index is -1.39. The maximum absolute atomic E-state index is 13.2. The summed E-state index contributed by atoms with van der Waals surface area (Å²) in [6.07, 6.45) is 0. The molecule has 2 unspecified atom stereocenters. The van der Waals surface area contributed by atoms with Gasteiger partial charge in [0.25, 0.3) is 5.91 Å². The molecule has 4 amide bonds. The van der Waals surface area contributed by atoms with Crippen LogP contribution in [0.25, 0.3) is 11.0 Å². The van der Waals surface area contributed by atoms with E-state index in [2.05, 4.69) is 20.6 Å². The van der Waals surface area contributed by atoms with Gasteiger partial charge in [0.1, 0.15) is 17.9 Å². The van der Waals surface area contributed by atoms with Crippen LogP contribution in [0.2, 0.25) is 0 Å². The van der Waals surface area contributed by atoms with Crippen molar-refractivity contribution in [3.8, 4) is 0 Å². The Labute approximate surface area is 175 Å². The van der Waals surface area contributed by atoms with Crippen LogP contribution in [0.15, 0.2) is 47.3 Å². The van der Waals surface area contributed by atoms with Crippen LogP contribution < -0.4 is 16.3 Å². The number of halogens is 1. The van der Waals surface area contributed by atoms with Crippen LogP contribution in [0.4, 0.5) is 9.18 Å². The number of hydrogen-bond acceptors (Lipinski definition) is 4. The number of aromatic amines is 2. The number of aromatic nitrogens is 2. The molecule has 4 rings (SSSR count). The summed E-state index contributed by atoms with van der Waals surface area (Å²) in [5, 5.41) is 5.32. The molecule has 0 bridgehead atoms. The van der Waals surface area contributed by atoms with Crippen molar-refractivity contribution in [3.63, 3.8) is 0 Å². The molecule has 0 spiro atoms. The summed E-state index contributed by atoms with van der Waals surface area (Å²) < 4.78 is 13.2. The highest BCUT2D eigenvalue weighted by atomic mass is 19.1. The maximum Gasteiger partial charge on any atom is 0.325 e. The summed E-state index contributed by atoms with van der Waals surface area (Å²) in [7, 11) is 0. The molecule has 2 atom stereocenters. The third-order valence-corrected chi connectivity index (χ3v) is 5.42. The van der Waals surface area contributed by atoms with E-state index < -0.39 is 41.8 Å². The first-order valence-corrected chi connectivity index (χ1v) is 9.59. The van der Waals surface area contributed by atoms with Crippen LogP contribution in [-0.4, -0.2) is 39.3 Å². The fraction of sp³-hybridized carbons (Fsp3) is 0.238. The Morgan fingerprint density at radius 2 is 1.77 bits per heavy atom. The number of carbonyl (C=O) groups excluding carboxylic acids is 3. The largest absolute Gasteiger partial charge is 0.348 e. The van der Waals surface area contributed by atoms with Gasteiger partial charge in [0.2, 0.25) is 5.91 Å². The molecule has 1 aliphatic heterocycles. The number of amides is 4. The quantitative estimate of drug-likeness (QED) is 0.464. The zero-order valence-corrected chi connectivity index (χ0v) is 16.8. The number of carbonyl (C=O) groups is 3. The van der Waals surface area contributed by atoms with Crippen molar-refractivity contribution in [3.05, 3.63) is 69.9 Å². The van der Waals surface area contributed by atoms with E-state index in [1.807, 2.05) is 0 Å². The number of imide groups is 1. The molecule has 1 aromatic heterocycles. The van der Waals surface area contributed by atoms with Gasteiger partial charge in [0, 0.05) is 0 Å². The van der Waals surface area contributed by atoms with Crippen molar-refractivity contribution in [2.75, 3.05) is 6.54 Å². The van der Waals surface area contributed by atoms with E-state index in [9.17, 15) is 23.6 Å². The van der Waals surface area contributed by atoms with E-state index in [4.69, 9.17) is 0 Å². The van der Waals surface area contributed by atoms with Gasteiger partial charge in [-0.05, 0) is 49.2 Å². The van der Waals surface area contributed by atoms with Gasteiger partial charge in [-0.25, -0.2) is 14.0 Å². The minimum Gasteiger partial charge on any atom is -0.348 e. The van der Waals surface area contributed by atoms with E-state index in [1.54, 1.807) is 25.1 Å². The van der Waals surface area contributed by atoms with E-state index in [1.165, 1.54) is 31.2 Å². The second-order valence-corrected chi connectivity index (χ2v) is 7.63. The number of fused-ring (bicyclic) bond motifs is 1. The Kier molecular flexibility index (Phi) is 4.84. The average molecular weight is 425 g/mol. The summed E-state index contributed by atoms with van der Waals surface area (Å²) >= 11 is 0. The van der Waals surface area contributed by atoms with Crippen molar-refractivity contribution >= 4 is 28.9 Å². The zero-order valence-electron chi connectivity index (χ0n) is 16.8. The number of benzene rings is 2. The number of urea groups is 1. The third-order valence-electron chi connectivity index (χ3n) is 5.42. The molecule has 4 N–H and O–H groups in total. The zero-order chi connectivity index (χ0) is 22.3. The maximum atomic E-state index is 13.2. The summed E-state index contributed by atoms with van der Waals surface area (Å²) in [6, 6.07) is 9.31. The fourth-order valence-corrected chi connectivity index (χ4v) is 3.65. The van der Waals surface area contributed by atoms with Crippen LogP contribution in [-0.2, 0) is 15.1 Å². The fourth-order valence-electron chi connectivity index (χ4n) is 3.65. The van der Waals surface area contributed by atoms with E-state index in [0.717, 1.165) is 10.5 Å². The number of rotatable bonds is 5. The lowest BCUT2D eigenvalue weighted by atomic mass is 9.92. The molecule has 1 saturated heterocycles. The van der Waals surface area contributed by atoms with Gasteiger partial charge in [-0.15, -0.1) is 0 Å². The first-order valence-electron chi connectivity index (χ1n) is 9.59. The highest BCUT2D eigenvalue weighted by Gasteiger charge is 2.49. The molecule has 10 heteroatoms. The molecule has 1 aliphatic rings. The van der Waals surface area contributed by atoms with Crippen molar-refractivity contribution < 1.29 is 18.8 Å². The molecule has 2 aromatic carbocycles. The summed E-state index contributed by atoms with van der Waals surface area (Å²) in [4.78, 5) is 55.3. The SMILES string of the molecule is CC(NC(=O)CN1C(=O)NC(C)(c2ccc(F)cc2)C1=O)c1ccc2[nH]c(=O)[nH]c2c1. The van der Waals surface area contributed by atoms with Gasteiger partial charge in [0.05, 0.1) is 17.1 Å². The Morgan fingerprint density at radius 3 is 2.48 bits per heavy atom. The van der Waals surface area contributed by atoms with Crippen LogP contribution in [0.1, 0.15) is 31.0 Å². The summed E-state index contributed by atoms with van der Waals surface area (Å²) in [5.74, 6) is -1.59. The molecule has 0 aliphatic carbocycles. The number of hydrogen-bond donors (Lipinski definition) is 4. The van der Waals surface area contributed by atoms with Gasteiger partial charge < -0.3 is 20.6 Å². The second kappa shape index (κ2) is 7.38. The summed E-state index contributed by atoms with van der Waals surface area (Å²) in [5.41, 5.74) is 0.690. The molecule has 3 aromatic rings. The normalized spacial score (nSPS) is 19.5. The first kappa shape index (κ1) is 20.3. The molecule has 31 heavy (non-hydrogen) atoms. The lowest BCUT2D eigenvalue weighted by molar-refractivity contribution is -0.135. The predicted octanol–water partition coefficient (Wildman–Crippen LogP) is 1.64. The molecule has 160 valence electrons. The van der Waals surface area contributed by atoms with Crippen LogP contribution in [0.5, 0.6) is 0 Å². The second-order valence-electron chi connectivity index (χ2n) is 7.63. The van der Waals surface area contributed by atoms with E-state index in [0.29, 0.717) is 16.6 Å². The lowest BCUT2D eigenvalue weighted by Gasteiger charge is -2.22. The smallest absolute Gasteiger partial charge is 0.325 e. The van der Waals surface area contributed by atoms with Crippen molar-refractivity contribution in [2.45, 2.75) is 25.4 Å². The molecular formula is C21H20FN5O4. The van der Waals surface area contributed by atoms with Gasteiger partial charge in [-0.1, -0.05) is 18.2 Å². The standard InChI is InChI=1S/C21H20FN5O4/c1-11(12-3-8-15-16(9-12)25-19(30)24-15)23-17(28)10-27-18(29)21(2,26-20(27)31)13-4-6-14(22)7-5-13/h3-9,11H,10H2,1-2H3,(H,23,28)(H,26,31)(H2,24,25,30). The third kappa shape index (κ3) is 3.67. The molecular weight excluding hydrogens is 405 g/mol. The van der Waals surface area contributed by atoms with Crippen LogP contribution >= 0.6 is 0 Å². The van der Waals surface area contributed by atoms with Crippen LogP contribution in [0.3, 0.4) is 0 Å². The average Bonchev–Trinajstić information content (AvgIpc) is 3.19. The molecule has 9 nitrogen and oxygen atoms in total. The molecule has 1 fully saturated rings. The Hall–Kier alpha value is -3.95. The molecule has 2 heterocycles. The van der Waals surface area contributed by atoms with Crippen molar-refractivity contribution in [1.29, 1.82) is 0 Å². The van der Waals surface area contributed by atoms with Gasteiger partial charge >= 0.3 is 11.7 Å².